The van der Waals surface area contributed by atoms with Crippen LogP contribution in [0, 0.1) is 41.9 Å². The number of ether oxygens (including phenoxy) is 1. The molecule has 0 bridgehead atoms. The summed E-state index contributed by atoms with van der Waals surface area (Å²) in [5, 5.41) is 0. The van der Waals surface area contributed by atoms with E-state index in [1.54, 1.807) is 12.1 Å². The topological polar surface area (TPSA) is 9.23 Å². The molecule has 0 radical (unpaired) electrons. The first-order chi connectivity index (χ1) is 15.3. The summed E-state index contributed by atoms with van der Waals surface area (Å²) in [7, 11) is 0. The third-order valence-electron chi connectivity index (χ3n) is 6.21. The molecule has 3 aromatic carbocycles. The minimum absolute atomic E-state index is 0.0221. The Morgan fingerprint density at radius 2 is 1.41 bits per heavy atom. The lowest BCUT2D eigenvalue weighted by atomic mass is 9.79. The van der Waals surface area contributed by atoms with Gasteiger partial charge in [-0.3, -0.25) is 0 Å². The second-order valence-corrected chi connectivity index (χ2v) is 8.54. The van der Waals surface area contributed by atoms with E-state index in [-0.39, 0.29) is 39.7 Å². The molecule has 0 N–H and O–H groups in total. The van der Waals surface area contributed by atoms with Crippen LogP contribution in [-0.4, -0.2) is 0 Å². The molecule has 1 saturated carbocycles. The van der Waals surface area contributed by atoms with Crippen LogP contribution >= 0.6 is 0 Å². The Morgan fingerprint density at radius 3 is 2.06 bits per heavy atom. The van der Waals surface area contributed by atoms with Crippen molar-refractivity contribution in [2.75, 3.05) is 0 Å². The van der Waals surface area contributed by atoms with E-state index in [1.807, 2.05) is 0 Å². The van der Waals surface area contributed by atoms with Crippen molar-refractivity contribution in [3.63, 3.8) is 0 Å². The van der Waals surface area contributed by atoms with E-state index >= 15 is 4.39 Å². The normalized spacial score (nSPS) is 18.6. The van der Waals surface area contributed by atoms with E-state index in [9.17, 15) is 17.6 Å². The summed E-state index contributed by atoms with van der Waals surface area (Å²) in [6.45, 7) is 3.67. The second-order valence-electron chi connectivity index (χ2n) is 8.54. The van der Waals surface area contributed by atoms with Gasteiger partial charge in [0.15, 0.2) is 29.0 Å². The minimum Gasteiger partial charge on any atom is -0.453 e. The quantitative estimate of drug-likeness (QED) is 0.289. The highest BCUT2D eigenvalue weighted by molar-refractivity contribution is 5.71. The molecule has 0 heterocycles. The zero-order chi connectivity index (χ0) is 23.0. The van der Waals surface area contributed by atoms with Crippen LogP contribution in [-0.2, 0) is 0 Å². The van der Waals surface area contributed by atoms with Gasteiger partial charge in [0, 0.05) is 11.1 Å². The molecule has 3 aromatic rings. The van der Waals surface area contributed by atoms with Gasteiger partial charge in [0.1, 0.15) is 11.6 Å². The molecule has 4 rings (SSSR count). The van der Waals surface area contributed by atoms with E-state index in [0.29, 0.717) is 18.8 Å². The predicted molar refractivity (Wildman–Crippen MR) is 113 cm³/mol. The van der Waals surface area contributed by atoms with Crippen LogP contribution in [0.5, 0.6) is 11.5 Å². The van der Waals surface area contributed by atoms with Crippen molar-refractivity contribution in [3.05, 3.63) is 82.7 Å². The first kappa shape index (κ1) is 22.3. The highest BCUT2D eigenvalue weighted by Crippen LogP contribution is 2.43. The Kier molecular flexibility index (Phi) is 6.22. The van der Waals surface area contributed by atoms with Gasteiger partial charge >= 0.3 is 0 Å². The lowest BCUT2D eigenvalue weighted by Gasteiger charge is -2.28. The fraction of sp³-hybridized carbons (Fsp3) is 0.308. The molecule has 0 aliphatic heterocycles. The molecule has 32 heavy (non-hydrogen) atoms. The molecule has 1 aliphatic rings. The number of rotatable bonds is 4. The lowest BCUT2D eigenvalue weighted by molar-refractivity contribution is 0.331. The molecule has 0 atom stereocenters. The summed E-state index contributed by atoms with van der Waals surface area (Å²) in [6, 6.07) is 9.23. The zero-order valence-corrected chi connectivity index (χ0v) is 17.8. The van der Waals surface area contributed by atoms with Crippen molar-refractivity contribution in [2.45, 2.75) is 45.4 Å². The Morgan fingerprint density at radius 1 is 0.781 bits per heavy atom. The molecule has 0 aromatic heterocycles. The van der Waals surface area contributed by atoms with Crippen LogP contribution in [0.4, 0.5) is 22.0 Å². The van der Waals surface area contributed by atoms with Gasteiger partial charge in [-0.25, -0.2) is 22.0 Å². The van der Waals surface area contributed by atoms with E-state index in [0.717, 1.165) is 25.0 Å². The number of aryl methyl sites for hydroxylation is 1. The molecule has 1 fully saturated rings. The van der Waals surface area contributed by atoms with Crippen molar-refractivity contribution >= 4 is 0 Å². The van der Waals surface area contributed by atoms with Gasteiger partial charge in [-0.1, -0.05) is 38.0 Å². The predicted octanol–water partition coefficient (Wildman–Crippen LogP) is 8.44. The summed E-state index contributed by atoms with van der Waals surface area (Å²) >= 11 is 0. The molecule has 0 amide bonds. The van der Waals surface area contributed by atoms with E-state index in [4.69, 9.17) is 4.74 Å². The fourth-order valence-corrected chi connectivity index (χ4v) is 4.40. The summed E-state index contributed by atoms with van der Waals surface area (Å²) < 4.78 is 77.1. The van der Waals surface area contributed by atoms with Crippen molar-refractivity contribution < 1.29 is 26.7 Å². The van der Waals surface area contributed by atoms with Crippen molar-refractivity contribution in [1.29, 1.82) is 0 Å². The molecular weight excluding hydrogens is 423 g/mol. The highest BCUT2D eigenvalue weighted by Gasteiger charge is 2.28. The maximum absolute atomic E-state index is 15.5. The van der Waals surface area contributed by atoms with E-state index in [1.165, 1.54) is 25.1 Å². The summed E-state index contributed by atoms with van der Waals surface area (Å²) in [5.74, 6) is -5.31. The standard InChI is InChI=1S/C26H23F5O/c1-14-7-9-16(10-8-14)23-19(27)11-15(2)26(25(23)31)32-22-6-4-3-5-18(22)17-12-20(28)24(30)21(29)13-17/h3-6,11-14,16H,7-10H2,1-2H3/t14-,16-. The van der Waals surface area contributed by atoms with Crippen LogP contribution in [0.2, 0.25) is 0 Å². The van der Waals surface area contributed by atoms with E-state index in [2.05, 4.69) is 6.92 Å². The van der Waals surface area contributed by atoms with Crippen LogP contribution in [0.25, 0.3) is 11.1 Å². The molecule has 0 unspecified atom stereocenters. The Balaban J connectivity index is 1.75. The van der Waals surface area contributed by atoms with Gasteiger partial charge in [-0.2, -0.15) is 0 Å². The number of hydrogen-bond acceptors (Lipinski definition) is 1. The van der Waals surface area contributed by atoms with Gasteiger partial charge < -0.3 is 4.74 Å². The number of hydrogen-bond donors (Lipinski definition) is 0. The Labute approximate surface area is 183 Å². The third-order valence-corrected chi connectivity index (χ3v) is 6.21. The second kappa shape index (κ2) is 8.93. The van der Waals surface area contributed by atoms with E-state index < -0.39 is 29.1 Å². The van der Waals surface area contributed by atoms with Crippen LogP contribution < -0.4 is 4.74 Å². The SMILES string of the molecule is Cc1cc(F)c([C@H]2CC[C@H](C)CC2)c(F)c1Oc1ccccc1-c1cc(F)c(F)c(F)c1. The molecule has 6 heteroatoms. The number of benzene rings is 3. The van der Waals surface area contributed by atoms with Gasteiger partial charge in [0.2, 0.25) is 0 Å². The molecular formula is C26H23F5O. The van der Waals surface area contributed by atoms with Crippen LogP contribution in [0.15, 0.2) is 42.5 Å². The van der Waals surface area contributed by atoms with Crippen molar-refractivity contribution in [1.82, 2.24) is 0 Å². The maximum atomic E-state index is 15.5. The zero-order valence-electron chi connectivity index (χ0n) is 17.8. The first-order valence-electron chi connectivity index (χ1n) is 10.7. The van der Waals surface area contributed by atoms with Crippen molar-refractivity contribution in [2.24, 2.45) is 5.92 Å². The van der Waals surface area contributed by atoms with Crippen LogP contribution in [0.3, 0.4) is 0 Å². The first-order valence-corrected chi connectivity index (χ1v) is 10.7. The fourth-order valence-electron chi connectivity index (χ4n) is 4.40. The Hall–Kier alpha value is -2.89. The van der Waals surface area contributed by atoms with Gasteiger partial charge in [0.05, 0.1) is 0 Å². The van der Waals surface area contributed by atoms with Gasteiger partial charge in [-0.05, 0) is 67.0 Å². The maximum Gasteiger partial charge on any atom is 0.194 e. The average Bonchev–Trinajstić information content (AvgIpc) is 2.76. The third kappa shape index (κ3) is 4.23. The largest absolute Gasteiger partial charge is 0.453 e. The minimum atomic E-state index is -1.57. The Bertz CT molecular complexity index is 1130. The van der Waals surface area contributed by atoms with Crippen molar-refractivity contribution in [3.8, 4) is 22.6 Å². The van der Waals surface area contributed by atoms with Gasteiger partial charge in [-0.15, -0.1) is 0 Å². The summed E-state index contributed by atoms with van der Waals surface area (Å²) in [6.07, 6.45) is 3.20. The molecule has 1 aliphatic carbocycles. The molecule has 0 spiro atoms. The summed E-state index contributed by atoms with van der Waals surface area (Å²) in [5.41, 5.74) is 0.577. The average molecular weight is 446 g/mol. The van der Waals surface area contributed by atoms with Crippen LogP contribution in [0.1, 0.15) is 49.7 Å². The molecule has 1 nitrogen and oxygen atoms in total. The molecule has 168 valence electrons. The smallest absolute Gasteiger partial charge is 0.194 e. The lowest BCUT2D eigenvalue weighted by Crippen LogP contribution is -2.14. The number of halogens is 5. The highest BCUT2D eigenvalue weighted by atomic mass is 19.2. The monoisotopic (exact) mass is 446 g/mol. The molecule has 0 saturated heterocycles. The van der Waals surface area contributed by atoms with Gasteiger partial charge in [0.25, 0.3) is 0 Å². The number of para-hydroxylation sites is 1. The summed E-state index contributed by atoms with van der Waals surface area (Å²) in [4.78, 5) is 0.